The molecule has 0 heterocycles. The van der Waals surface area contributed by atoms with E-state index in [1.807, 2.05) is 74.5 Å². The molecule has 0 aliphatic rings. The summed E-state index contributed by atoms with van der Waals surface area (Å²) in [5.41, 5.74) is 4.00. The van der Waals surface area contributed by atoms with E-state index in [0.717, 1.165) is 26.1 Å². The van der Waals surface area contributed by atoms with Gasteiger partial charge < -0.3 is 0 Å². The predicted octanol–water partition coefficient (Wildman–Crippen LogP) is 5.91. The summed E-state index contributed by atoms with van der Waals surface area (Å²) >= 11 is 8.41. The predicted molar refractivity (Wildman–Crippen MR) is 105 cm³/mol. The third-order valence-electron chi connectivity index (χ3n) is 2.93. The van der Waals surface area contributed by atoms with E-state index in [2.05, 4.69) is 32.6 Å². The highest BCUT2D eigenvalue weighted by Gasteiger charge is 2.05. The normalized spacial score (nSPS) is 12.2. The van der Waals surface area contributed by atoms with Crippen LogP contribution in [0, 0.1) is 0 Å². The molecule has 0 unspecified atom stereocenters. The van der Waals surface area contributed by atoms with Crippen LogP contribution in [0.4, 0.5) is 0 Å². The lowest BCUT2D eigenvalue weighted by Crippen LogP contribution is -1.95. The third-order valence-corrected chi connectivity index (χ3v) is 3.96. The molecule has 112 valence electrons. The first kappa shape index (κ1) is 16.9. The first-order valence-corrected chi connectivity index (χ1v) is 8.30. The topological polar surface area (TPSA) is 24.7 Å². The molecule has 0 bridgehead atoms. The van der Waals surface area contributed by atoms with Crippen LogP contribution in [0.1, 0.15) is 25.0 Å². The first-order chi connectivity index (χ1) is 10.6. The van der Waals surface area contributed by atoms with Crippen LogP contribution in [0.2, 0.25) is 0 Å². The Kier molecular flexibility index (Phi) is 6.34. The van der Waals surface area contributed by atoms with Gasteiger partial charge in [0.1, 0.15) is 3.72 Å². The second-order valence-corrected chi connectivity index (χ2v) is 6.22. The zero-order valence-corrected chi connectivity index (χ0v) is 15.3. The fraction of sp³-hybridized carbons (Fsp3) is 0.111. The summed E-state index contributed by atoms with van der Waals surface area (Å²) < 4.78 is 0.813. The minimum absolute atomic E-state index is 0.230. The van der Waals surface area contributed by atoms with Crippen molar-refractivity contribution in [1.82, 2.24) is 0 Å². The molecule has 0 aromatic heterocycles. The van der Waals surface area contributed by atoms with E-state index in [0.29, 0.717) is 0 Å². The van der Waals surface area contributed by atoms with Crippen molar-refractivity contribution in [2.45, 2.75) is 13.8 Å². The molecule has 2 aromatic carbocycles. The maximum atomic E-state index is 6.24. The number of halogens is 2. The molecule has 4 heteroatoms. The largest absolute Gasteiger partial charge is 0.223 e. The maximum Gasteiger partial charge on any atom is 0.223 e. The summed E-state index contributed by atoms with van der Waals surface area (Å²) in [4.78, 5) is 8.86. The standard InChI is InChI=1S/C18H16ClIN2/c1-13(2)16(14-9-5-3-6-10-14)21-18(19)22-17(20)15-11-7-4-8-12-15/h3-12H,1-2H3/b21-18-,22-17-. The van der Waals surface area contributed by atoms with Gasteiger partial charge in [0.15, 0.2) is 0 Å². The lowest BCUT2D eigenvalue weighted by Gasteiger charge is -2.05. The van der Waals surface area contributed by atoms with Crippen LogP contribution in [0.3, 0.4) is 0 Å². The Hall–Kier alpha value is -1.46. The van der Waals surface area contributed by atoms with E-state index < -0.39 is 0 Å². The lowest BCUT2D eigenvalue weighted by molar-refractivity contribution is 1.33. The number of aliphatic imine (C=N–C) groups is 2. The number of hydrogen-bond donors (Lipinski definition) is 0. The molecule has 0 atom stereocenters. The Labute approximate surface area is 149 Å². The van der Waals surface area contributed by atoms with Crippen LogP contribution < -0.4 is 0 Å². The molecule has 0 saturated carbocycles. The number of nitrogens with zero attached hydrogens (tertiary/aromatic N) is 2. The van der Waals surface area contributed by atoms with Crippen LogP contribution in [-0.4, -0.2) is 9.01 Å². The maximum absolute atomic E-state index is 6.24. The Morgan fingerprint density at radius 3 is 1.82 bits per heavy atom. The number of amidine groups is 1. The van der Waals surface area contributed by atoms with Crippen molar-refractivity contribution in [1.29, 1.82) is 0 Å². The molecule has 0 fully saturated rings. The molecule has 2 aromatic rings. The van der Waals surface area contributed by atoms with Gasteiger partial charge >= 0.3 is 0 Å². The molecule has 0 amide bonds. The van der Waals surface area contributed by atoms with Gasteiger partial charge in [-0.3, -0.25) is 0 Å². The van der Waals surface area contributed by atoms with Crippen molar-refractivity contribution < 1.29 is 0 Å². The van der Waals surface area contributed by atoms with Gasteiger partial charge in [-0.1, -0.05) is 60.7 Å². The molecule has 2 nitrogen and oxygen atoms in total. The smallest absolute Gasteiger partial charge is 0.218 e. The van der Waals surface area contributed by atoms with Crippen LogP contribution in [0.15, 0.2) is 76.2 Å². The van der Waals surface area contributed by atoms with Gasteiger partial charge in [-0.2, -0.15) is 0 Å². The number of allylic oxidation sites excluding steroid dienone is 1. The summed E-state index contributed by atoms with van der Waals surface area (Å²) in [6.45, 7) is 4.03. The minimum Gasteiger partial charge on any atom is -0.218 e. The summed E-state index contributed by atoms with van der Waals surface area (Å²) in [6, 6.07) is 19.9. The second-order valence-electron chi connectivity index (χ2n) is 4.86. The molecule has 2 rings (SSSR count). The molecule has 0 aliphatic heterocycles. The fourth-order valence-electron chi connectivity index (χ4n) is 1.90. The molecular formula is C18H16ClIN2. The third kappa shape index (κ3) is 4.78. The van der Waals surface area contributed by atoms with Crippen LogP contribution >= 0.6 is 34.2 Å². The highest BCUT2D eigenvalue weighted by molar-refractivity contribution is 14.1. The fourth-order valence-corrected chi connectivity index (χ4v) is 2.80. The zero-order chi connectivity index (χ0) is 15.9. The van der Waals surface area contributed by atoms with Crippen molar-refractivity contribution in [2.24, 2.45) is 9.98 Å². The summed E-state index contributed by atoms with van der Waals surface area (Å²) in [6.07, 6.45) is 0. The van der Waals surface area contributed by atoms with Gasteiger partial charge in [-0.15, -0.1) is 0 Å². The van der Waals surface area contributed by atoms with E-state index in [1.54, 1.807) is 0 Å². The van der Waals surface area contributed by atoms with Crippen LogP contribution in [0.25, 0.3) is 5.70 Å². The van der Waals surface area contributed by atoms with Crippen molar-refractivity contribution in [3.63, 3.8) is 0 Å². The van der Waals surface area contributed by atoms with Gasteiger partial charge in [0.25, 0.3) is 0 Å². The molecule has 0 N–H and O–H groups in total. The molecule has 22 heavy (non-hydrogen) atoms. The highest BCUT2D eigenvalue weighted by atomic mass is 127. The highest BCUT2D eigenvalue weighted by Crippen LogP contribution is 2.21. The minimum atomic E-state index is 0.230. The van der Waals surface area contributed by atoms with Crippen LogP contribution in [-0.2, 0) is 0 Å². The average molecular weight is 423 g/mol. The Morgan fingerprint density at radius 2 is 1.32 bits per heavy atom. The molecule has 0 aliphatic carbocycles. The Balaban J connectivity index is 2.33. The summed E-state index contributed by atoms with van der Waals surface area (Å²) in [5.74, 6) is 0. The number of hydrogen-bond acceptors (Lipinski definition) is 1. The van der Waals surface area contributed by atoms with Gasteiger partial charge in [0.2, 0.25) is 5.29 Å². The van der Waals surface area contributed by atoms with Gasteiger partial charge in [-0.05, 0) is 53.6 Å². The molecule has 0 radical (unpaired) electrons. The van der Waals surface area contributed by atoms with E-state index in [9.17, 15) is 0 Å². The average Bonchev–Trinajstić information content (AvgIpc) is 2.54. The second kappa shape index (κ2) is 8.25. The van der Waals surface area contributed by atoms with E-state index in [-0.39, 0.29) is 5.29 Å². The van der Waals surface area contributed by atoms with Crippen molar-refractivity contribution in [2.75, 3.05) is 0 Å². The summed E-state index contributed by atoms with van der Waals surface area (Å²) in [5, 5.41) is 0.230. The van der Waals surface area contributed by atoms with Crippen molar-refractivity contribution in [3.8, 4) is 0 Å². The zero-order valence-electron chi connectivity index (χ0n) is 12.4. The molecule has 0 saturated heterocycles. The van der Waals surface area contributed by atoms with Gasteiger partial charge in [0.05, 0.1) is 5.70 Å². The van der Waals surface area contributed by atoms with E-state index in [4.69, 9.17) is 11.6 Å². The van der Waals surface area contributed by atoms with Crippen LogP contribution in [0.5, 0.6) is 0 Å². The van der Waals surface area contributed by atoms with E-state index in [1.165, 1.54) is 0 Å². The number of benzene rings is 2. The SMILES string of the molecule is CC(C)=C(/N=C(Cl)\N=C(/I)c1ccccc1)c1ccccc1. The molecular weight excluding hydrogens is 407 g/mol. The quantitative estimate of drug-likeness (QED) is 0.254. The Bertz CT molecular complexity index is 715. The monoisotopic (exact) mass is 422 g/mol. The van der Waals surface area contributed by atoms with Gasteiger partial charge in [0, 0.05) is 11.1 Å². The number of rotatable bonds is 3. The van der Waals surface area contributed by atoms with Crippen molar-refractivity contribution >= 4 is 48.9 Å². The summed E-state index contributed by atoms with van der Waals surface area (Å²) in [7, 11) is 0. The van der Waals surface area contributed by atoms with Gasteiger partial charge in [-0.25, -0.2) is 9.98 Å². The molecule has 0 spiro atoms. The lowest BCUT2D eigenvalue weighted by atomic mass is 10.1. The van der Waals surface area contributed by atoms with Crippen molar-refractivity contribution in [3.05, 3.63) is 77.4 Å². The Morgan fingerprint density at radius 1 is 0.818 bits per heavy atom. The van der Waals surface area contributed by atoms with E-state index >= 15 is 0 Å². The first-order valence-electron chi connectivity index (χ1n) is 6.84.